The van der Waals surface area contributed by atoms with Crippen LogP contribution in [-0.4, -0.2) is 29.1 Å². The molecule has 0 aliphatic carbocycles. The van der Waals surface area contributed by atoms with Crippen molar-refractivity contribution in [2.24, 2.45) is 11.8 Å². The van der Waals surface area contributed by atoms with Gasteiger partial charge in [-0.05, 0) is 65.8 Å². The van der Waals surface area contributed by atoms with Crippen LogP contribution in [0.2, 0.25) is 0 Å². The van der Waals surface area contributed by atoms with Gasteiger partial charge < -0.3 is 19.8 Å². The summed E-state index contributed by atoms with van der Waals surface area (Å²) in [5.74, 6) is -0.911. The quantitative estimate of drug-likeness (QED) is 0.236. The molecule has 5 rings (SSSR count). The molecule has 3 aromatic carbocycles. The van der Waals surface area contributed by atoms with Crippen LogP contribution in [0.4, 0.5) is 23.2 Å². The molecule has 0 bridgehead atoms. The van der Waals surface area contributed by atoms with Crippen LogP contribution in [-0.2, 0) is 15.7 Å². The van der Waals surface area contributed by atoms with E-state index in [0.29, 0.717) is 23.6 Å². The summed E-state index contributed by atoms with van der Waals surface area (Å²) in [5.41, 5.74) is 2.19. The molecule has 2 N–H and O–H groups in total. The van der Waals surface area contributed by atoms with E-state index in [1.807, 2.05) is 30.3 Å². The number of anilines is 1. The molecule has 0 saturated carbocycles. The largest absolute Gasteiger partial charge is 0.484 e. The number of hydrogen-bond acceptors (Lipinski definition) is 4. The van der Waals surface area contributed by atoms with Crippen molar-refractivity contribution >= 4 is 22.6 Å². The summed E-state index contributed by atoms with van der Waals surface area (Å²) in [6.45, 7) is 4.35. The number of fused-ring (bicyclic) bond motifs is 1. The predicted molar refractivity (Wildman–Crippen MR) is 142 cm³/mol. The third-order valence-electron chi connectivity index (χ3n) is 7.21. The van der Waals surface area contributed by atoms with Gasteiger partial charge >= 0.3 is 6.18 Å². The van der Waals surface area contributed by atoms with E-state index in [1.165, 1.54) is 24.3 Å². The standard InChI is InChI=1S/C30H29F4N3O3/c1-17(2)23-13-19(22-8-3-4-9-24(22)31)15-40-28(23)18-6-5-7-21(12-18)39-16-27(38)35-20-10-11-25-26(14-20)37-29(36-25)30(32,33)34/h3-12,14,17,19,23,28H,13,15-16H2,1-2H3,(H,35,38)(H,36,37)/t19-,23-,28-/m0/s1. The molecular weight excluding hydrogens is 526 g/mol. The molecule has 1 amide bonds. The third-order valence-corrected chi connectivity index (χ3v) is 7.21. The fourth-order valence-corrected chi connectivity index (χ4v) is 5.20. The maximum Gasteiger partial charge on any atom is 0.449 e. The first-order valence-electron chi connectivity index (χ1n) is 13.0. The first kappa shape index (κ1) is 27.6. The number of halogens is 4. The Morgan fingerprint density at radius 1 is 1.12 bits per heavy atom. The molecule has 1 saturated heterocycles. The maximum absolute atomic E-state index is 14.4. The van der Waals surface area contributed by atoms with Gasteiger partial charge in [-0.3, -0.25) is 4.79 Å². The molecule has 4 aromatic rings. The first-order valence-corrected chi connectivity index (χ1v) is 13.0. The number of carbonyl (C=O) groups excluding carboxylic acids is 1. The number of alkyl halides is 3. The molecule has 40 heavy (non-hydrogen) atoms. The molecule has 0 unspecified atom stereocenters. The summed E-state index contributed by atoms with van der Waals surface area (Å²) in [5, 5.41) is 2.63. The lowest BCUT2D eigenvalue weighted by molar-refractivity contribution is -0.144. The lowest BCUT2D eigenvalue weighted by Crippen LogP contribution is -2.31. The minimum Gasteiger partial charge on any atom is -0.484 e. The number of aromatic amines is 1. The van der Waals surface area contributed by atoms with Crippen molar-refractivity contribution in [3.05, 3.63) is 89.5 Å². The number of carbonyl (C=O) groups is 1. The number of aromatic nitrogens is 2. The molecule has 6 nitrogen and oxygen atoms in total. The highest BCUT2D eigenvalue weighted by Gasteiger charge is 2.36. The number of imidazole rings is 1. The predicted octanol–water partition coefficient (Wildman–Crippen LogP) is 7.26. The van der Waals surface area contributed by atoms with Gasteiger partial charge in [-0.15, -0.1) is 0 Å². The van der Waals surface area contributed by atoms with E-state index < -0.39 is 17.9 Å². The van der Waals surface area contributed by atoms with Gasteiger partial charge in [0, 0.05) is 11.6 Å². The van der Waals surface area contributed by atoms with Crippen molar-refractivity contribution in [1.82, 2.24) is 9.97 Å². The molecule has 210 valence electrons. The number of ether oxygens (including phenoxy) is 2. The Labute approximate surface area is 228 Å². The second-order valence-electron chi connectivity index (χ2n) is 10.3. The molecule has 2 heterocycles. The second-order valence-corrected chi connectivity index (χ2v) is 10.3. The fraction of sp³-hybridized carbons (Fsp3) is 0.333. The molecule has 1 fully saturated rings. The molecule has 10 heteroatoms. The molecule has 3 atom stereocenters. The van der Waals surface area contributed by atoms with Crippen molar-refractivity contribution in [3.63, 3.8) is 0 Å². The number of rotatable bonds is 7. The Morgan fingerprint density at radius 3 is 2.67 bits per heavy atom. The lowest BCUT2D eigenvalue weighted by atomic mass is 9.76. The van der Waals surface area contributed by atoms with Gasteiger partial charge in [-0.25, -0.2) is 9.37 Å². The van der Waals surface area contributed by atoms with Gasteiger partial charge in [0.05, 0.1) is 23.7 Å². The van der Waals surface area contributed by atoms with Gasteiger partial charge in [-0.1, -0.05) is 44.2 Å². The summed E-state index contributed by atoms with van der Waals surface area (Å²) in [7, 11) is 0. The number of benzene rings is 3. The van der Waals surface area contributed by atoms with E-state index in [1.54, 1.807) is 12.1 Å². The molecule has 0 spiro atoms. The van der Waals surface area contributed by atoms with Crippen LogP contribution < -0.4 is 10.1 Å². The number of nitrogens with zero attached hydrogens (tertiary/aromatic N) is 1. The van der Waals surface area contributed by atoms with Crippen molar-refractivity contribution in [3.8, 4) is 5.75 Å². The van der Waals surface area contributed by atoms with Crippen LogP contribution in [0.15, 0.2) is 66.7 Å². The summed E-state index contributed by atoms with van der Waals surface area (Å²) >= 11 is 0. The SMILES string of the molecule is CC(C)[C@@H]1C[C@H](c2ccccc2F)CO[C@H]1c1cccc(OCC(=O)Nc2ccc3nc(C(F)(F)F)[nH]c3c2)c1. The summed E-state index contributed by atoms with van der Waals surface area (Å²) in [6, 6.07) is 18.4. The van der Waals surface area contributed by atoms with Crippen molar-refractivity contribution in [2.45, 2.75) is 38.5 Å². The van der Waals surface area contributed by atoms with E-state index in [0.717, 1.165) is 12.0 Å². The van der Waals surface area contributed by atoms with Crippen molar-refractivity contribution in [1.29, 1.82) is 0 Å². The van der Waals surface area contributed by atoms with E-state index in [9.17, 15) is 22.4 Å². The highest BCUT2D eigenvalue weighted by molar-refractivity contribution is 5.94. The van der Waals surface area contributed by atoms with E-state index in [-0.39, 0.29) is 47.3 Å². The third kappa shape index (κ3) is 6.12. The zero-order chi connectivity index (χ0) is 28.4. The average molecular weight is 556 g/mol. The van der Waals surface area contributed by atoms with Crippen LogP contribution in [0.3, 0.4) is 0 Å². The van der Waals surface area contributed by atoms with E-state index in [2.05, 4.69) is 29.1 Å². The van der Waals surface area contributed by atoms with Crippen LogP contribution in [0.1, 0.15) is 49.2 Å². The fourth-order valence-electron chi connectivity index (χ4n) is 5.20. The minimum absolute atomic E-state index is 0.0333. The van der Waals surface area contributed by atoms with Crippen LogP contribution in [0.5, 0.6) is 5.75 Å². The normalized spacial score (nSPS) is 19.6. The van der Waals surface area contributed by atoms with Gasteiger partial charge in [0.1, 0.15) is 11.6 Å². The zero-order valence-electron chi connectivity index (χ0n) is 22.0. The van der Waals surface area contributed by atoms with E-state index >= 15 is 0 Å². The minimum atomic E-state index is -4.59. The van der Waals surface area contributed by atoms with Gasteiger partial charge in [-0.2, -0.15) is 13.2 Å². The van der Waals surface area contributed by atoms with Crippen molar-refractivity contribution < 1.29 is 31.8 Å². The number of nitrogens with one attached hydrogen (secondary N) is 2. The number of hydrogen-bond donors (Lipinski definition) is 2. The summed E-state index contributed by atoms with van der Waals surface area (Å²) in [4.78, 5) is 18.3. The first-order chi connectivity index (χ1) is 19.1. The zero-order valence-corrected chi connectivity index (χ0v) is 22.0. The molecule has 1 aliphatic rings. The summed E-state index contributed by atoms with van der Waals surface area (Å²) < 4.78 is 65.2. The van der Waals surface area contributed by atoms with Crippen LogP contribution >= 0.6 is 0 Å². The Kier molecular flexibility index (Phi) is 7.80. The highest BCUT2D eigenvalue weighted by atomic mass is 19.4. The molecule has 1 aliphatic heterocycles. The topological polar surface area (TPSA) is 76.2 Å². The van der Waals surface area contributed by atoms with E-state index in [4.69, 9.17) is 9.47 Å². The average Bonchev–Trinajstić information content (AvgIpc) is 3.36. The van der Waals surface area contributed by atoms with Crippen LogP contribution in [0, 0.1) is 17.7 Å². The lowest BCUT2D eigenvalue weighted by Gasteiger charge is -2.39. The van der Waals surface area contributed by atoms with Gasteiger partial charge in [0.25, 0.3) is 5.91 Å². The van der Waals surface area contributed by atoms with Crippen LogP contribution in [0.25, 0.3) is 11.0 Å². The highest BCUT2D eigenvalue weighted by Crippen LogP contribution is 2.44. The Morgan fingerprint density at radius 2 is 1.93 bits per heavy atom. The maximum atomic E-state index is 14.4. The number of H-pyrrole nitrogens is 1. The number of amides is 1. The Hall–Kier alpha value is -3.92. The molecule has 0 radical (unpaired) electrons. The monoisotopic (exact) mass is 555 g/mol. The Bertz CT molecular complexity index is 1500. The second kappa shape index (κ2) is 11.3. The molecule has 1 aromatic heterocycles. The Balaban J connectivity index is 1.22. The van der Waals surface area contributed by atoms with Gasteiger partial charge in [0.2, 0.25) is 5.82 Å². The molecular formula is C30H29F4N3O3. The van der Waals surface area contributed by atoms with Gasteiger partial charge in [0.15, 0.2) is 6.61 Å². The summed E-state index contributed by atoms with van der Waals surface area (Å²) in [6.07, 6.45) is -4.02. The van der Waals surface area contributed by atoms with Crippen molar-refractivity contribution in [2.75, 3.05) is 18.5 Å². The smallest absolute Gasteiger partial charge is 0.449 e.